The Bertz CT molecular complexity index is 325. The van der Waals surface area contributed by atoms with Gasteiger partial charge in [-0.15, -0.1) is 11.8 Å². The van der Waals surface area contributed by atoms with Gasteiger partial charge in [-0.3, -0.25) is 0 Å². The average molecular weight is 242 g/mol. The first kappa shape index (κ1) is 11.3. The van der Waals surface area contributed by atoms with Crippen molar-refractivity contribution < 1.29 is 0 Å². The molecule has 0 aliphatic heterocycles. The molecular weight excluding hydrogens is 226 g/mol. The molecule has 1 saturated carbocycles. The summed E-state index contributed by atoms with van der Waals surface area (Å²) in [5.41, 5.74) is 0. The minimum atomic E-state index is 0.575. The highest BCUT2D eigenvalue weighted by atomic mass is 35.5. The molecule has 1 nitrogen and oxygen atoms in total. The molecule has 2 rings (SSSR count). The van der Waals surface area contributed by atoms with Crippen molar-refractivity contribution in [2.24, 2.45) is 0 Å². The third-order valence-corrected chi connectivity index (χ3v) is 4.06. The van der Waals surface area contributed by atoms with Gasteiger partial charge in [0.15, 0.2) is 0 Å². The fourth-order valence-corrected chi connectivity index (χ4v) is 2.64. The first-order valence-electron chi connectivity index (χ1n) is 5.40. The first-order chi connectivity index (χ1) is 7.25. The van der Waals surface area contributed by atoms with Crippen molar-refractivity contribution in [1.29, 1.82) is 0 Å². The van der Waals surface area contributed by atoms with Crippen LogP contribution >= 0.6 is 23.4 Å². The summed E-state index contributed by atoms with van der Waals surface area (Å²) in [6.07, 6.45) is 2.70. The van der Waals surface area contributed by atoms with Crippen molar-refractivity contribution in [2.75, 3.05) is 6.54 Å². The van der Waals surface area contributed by atoms with Crippen LogP contribution < -0.4 is 5.32 Å². The van der Waals surface area contributed by atoms with E-state index >= 15 is 0 Å². The van der Waals surface area contributed by atoms with Crippen molar-refractivity contribution in [3.8, 4) is 0 Å². The lowest BCUT2D eigenvalue weighted by atomic mass is 10.4. The maximum absolute atomic E-state index is 6.10. The summed E-state index contributed by atoms with van der Waals surface area (Å²) in [7, 11) is 0. The summed E-state index contributed by atoms with van der Waals surface area (Å²) in [6.45, 7) is 3.31. The van der Waals surface area contributed by atoms with Gasteiger partial charge in [0, 0.05) is 22.7 Å². The molecule has 3 heteroatoms. The highest BCUT2D eigenvalue weighted by molar-refractivity contribution is 8.00. The quantitative estimate of drug-likeness (QED) is 0.791. The van der Waals surface area contributed by atoms with Crippen LogP contribution in [0.1, 0.15) is 19.8 Å². The van der Waals surface area contributed by atoms with Crippen LogP contribution in [0.5, 0.6) is 0 Å². The van der Waals surface area contributed by atoms with Crippen LogP contribution in [0.15, 0.2) is 29.2 Å². The average Bonchev–Trinajstić information content (AvgIpc) is 3.02. The zero-order valence-electron chi connectivity index (χ0n) is 8.87. The normalized spacial score (nSPS) is 17.7. The second kappa shape index (κ2) is 5.24. The molecule has 1 aliphatic rings. The van der Waals surface area contributed by atoms with Gasteiger partial charge >= 0.3 is 0 Å². The maximum Gasteiger partial charge on any atom is 0.0541 e. The summed E-state index contributed by atoms with van der Waals surface area (Å²) in [5, 5.41) is 4.97. The molecule has 0 aromatic heterocycles. The summed E-state index contributed by atoms with van der Waals surface area (Å²) in [4.78, 5) is 1.18. The van der Waals surface area contributed by atoms with Gasteiger partial charge in [-0.05, 0) is 25.0 Å². The minimum Gasteiger partial charge on any atom is -0.313 e. The molecule has 0 bridgehead atoms. The molecule has 0 spiro atoms. The lowest BCUT2D eigenvalue weighted by Crippen LogP contribution is -2.24. The predicted molar refractivity (Wildman–Crippen MR) is 67.8 cm³/mol. The third-order valence-electron chi connectivity index (χ3n) is 2.44. The van der Waals surface area contributed by atoms with E-state index in [-0.39, 0.29) is 0 Å². The number of benzene rings is 1. The highest BCUT2D eigenvalue weighted by Crippen LogP contribution is 2.30. The Kier molecular flexibility index (Phi) is 3.95. The van der Waals surface area contributed by atoms with E-state index in [1.165, 1.54) is 17.7 Å². The summed E-state index contributed by atoms with van der Waals surface area (Å²) in [6, 6.07) is 8.83. The van der Waals surface area contributed by atoms with Crippen LogP contribution in [0.3, 0.4) is 0 Å². The van der Waals surface area contributed by atoms with Crippen molar-refractivity contribution >= 4 is 23.4 Å². The van der Waals surface area contributed by atoms with Gasteiger partial charge in [0.2, 0.25) is 0 Å². The smallest absolute Gasteiger partial charge is 0.0541 e. The van der Waals surface area contributed by atoms with Gasteiger partial charge in [-0.25, -0.2) is 0 Å². The molecule has 0 heterocycles. The third kappa shape index (κ3) is 3.71. The van der Waals surface area contributed by atoms with Crippen LogP contribution in [0.2, 0.25) is 5.02 Å². The monoisotopic (exact) mass is 241 g/mol. The Morgan fingerprint density at radius 2 is 2.20 bits per heavy atom. The molecule has 1 aliphatic carbocycles. The Morgan fingerprint density at radius 1 is 1.47 bits per heavy atom. The molecule has 1 N–H and O–H groups in total. The van der Waals surface area contributed by atoms with Crippen LogP contribution in [0.4, 0.5) is 0 Å². The van der Waals surface area contributed by atoms with Gasteiger partial charge in [0.25, 0.3) is 0 Å². The van der Waals surface area contributed by atoms with Gasteiger partial charge < -0.3 is 5.32 Å². The molecule has 0 radical (unpaired) electrons. The number of nitrogens with one attached hydrogen (secondary N) is 1. The van der Waals surface area contributed by atoms with Crippen LogP contribution in [0, 0.1) is 0 Å². The lowest BCUT2D eigenvalue weighted by molar-refractivity contribution is 0.679. The molecule has 1 aromatic carbocycles. The Morgan fingerprint density at radius 3 is 2.87 bits per heavy atom. The zero-order valence-corrected chi connectivity index (χ0v) is 10.4. The molecule has 1 aromatic rings. The number of thioether (sulfide) groups is 1. The molecule has 1 unspecified atom stereocenters. The van der Waals surface area contributed by atoms with E-state index in [1.807, 2.05) is 30.0 Å². The van der Waals surface area contributed by atoms with E-state index in [2.05, 4.69) is 18.3 Å². The van der Waals surface area contributed by atoms with Crippen LogP contribution in [-0.4, -0.2) is 17.8 Å². The number of hydrogen-bond acceptors (Lipinski definition) is 2. The van der Waals surface area contributed by atoms with Crippen molar-refractivity contribution in [3.63, 3.8) is 0 Å². The van der Waals surface area contributed by atoms with Gasteiger partial charge in [0.1, 0.15) is 0 Å². The molecule has 0 saturated heterocycles. The molecule has 1 fully saturated rings. The Balaban J connectivity index is 1.81. The number of halogens is 1. The van der Waals surface area contributed by atoms with Crippen molar-refractivity contribution in [3.05, 3.63) is 29.3 Å². The number of rotatable bonds is 5. The molecule has 0 amide bonds. The van der Waals surface area contributed by atoms with E-state index in [1.54, 1.807) is 0 Å². The summed E-state index contributed by atoms with van der Waals surface area (Å²) in [5.74, 6) is 0. The van der Waals surface area contributed by atoms with Crippen LogP contribution in [0.25, 0.3) is 0 Å². The molecule has 82 valence electrons. The fraction of sp³-hybridized carbons (Fsp3) is 0.500. The molecule has 15 heavy (non-hydrogen) atoms. The second-order valence-corrected chi connectivity index (χ2v) is 5.93. The Labute approximate surface area is 101 Å². The van der Waals surface area contributed by atoms with Crippen molar-refractivity contribution in [1.82, 2.24) is 5.32 Å². The van der Waals surface area contributed by atoms with Crippen molar-refractivity contribution in [2.45, 2.75) is 36.0 Å². The van der Waals surface area contributed by atoms with E-state index < -0.39 is 0 Å². The lowest BCUT2D eigenvalue weighted by Gasteiger charge is -2.12. The summed E-state index contributed by atoms with van der Waals surface area (Å²) >= 11 is 7.95. The van der Waals surface area contributed by atoms with E-state index in [4.69, 9.17) is 11.6 Å². The standard InChI is InChI=1S/C12H16ClNS/c1-9(8-14-10-6-7-10)15-12-5-3-2-4-11(12)13/h2-5,9-10,14H,6-8H2,1H3. The van der Waals surface area contributed by atoms with E-state index in [9.17, 15) is 0 Å². The fourth-order valence-electron chi connectivity index (χ4n) is 1.42. The predicted octanol–water partition coefficient (Wildman–Crippen LogP) is 3.57. The van der Waals surface area contributed by atoms with Gasteiger partial charge in [0.05, 0.1) is 5.02 Å². The SMILES string of the molecule is CC(CNC1CC1)Sc1ccccc1Cl. The Hall–Kier alpha value is -0.180. The highest BCUT2D eigenvalue weighted by Gasteiger charge is 2.21. The van der Waals surface area contributed by atoms with Crippen LogP contribution in [-0.2, 0) is 0 Å². The zero-order chi connectivity index (χ0) is 10.7. The second-order valence-electron chi connectivity index (χ2n) is 4.04. The van der Waals surface area contributed by atoms with Gasteiger partial charge in [-0.1, -0.05) is 30.7 Å². The maximum atomic E-state index is 6.10. The van der Waals surface area contributed by atoms with E-state index in [0.717, 1.165) is 17.6 Å². The largest absolute Gasteiger partial charge is 0.313 e. The minimum absolute atomic E-state index is 0.575. The number of hydrogen-bond donors (Lipinski definition) is 1. The van der Waals surface area contributed by atoms with Gasteiger partial charge in [-0.2, -0.15) is 0 Å². The van der Waals surface area contributed by atoms with E-state index in [0.29, 0.717) is 5.25 Å². The topological polar surface area (TPSA) is 12.0 Å². The first-order valence-corrected chi connectivity index (χ1v) is 6.66. The summed E-state index contributed by atoms with van der Waals surface area (Å²) < 4.78 is 0. The molecular formula is C12H16ClNS. The molecule has 1 atom stereocenters.